The maximum atomic E-state index is 14.1. The normalized spacial score (nSPS) is 22.1. The van der Waals surface area contributed by atoms with Gasteiger partial charge in [0, 0.05) is 73.1 Å². The molecule has 1 amide bonds. The van der Waals surface area contributed by atoms with Crippen molar-refractivity contribution in [2.24, 2.45) is 5.41 Å². The van der Waals surface area contributed by atoms with Gasteiger partial charge in [-0.15, -0.1) is 0 Å². The summed E-state index contributed by atoms with van der Waals surface area (Å²) in [6, 6.07) is 6.40. The van der Waals surface area contributed by atoms with Gasteiger partial charge in [-0.05, 0) is 92.8 Å². The quantitative estimate of drug-likeness (QED) is 0.214. The number of aliphatic hydroxyl groups excluding tert-OH is 1. The molecule has 6 heterocycles. The number of nitrogens with zero attached hydrogens (tertiary/aromatic N) is 7. The number of H-pyrrole nitrogens is 1. The summed E-state index contributed by atoms with van der Waals surface area (Å²) in [6.45, 7) is 9.33. The van der Waals surface area contributed by atoms with Crippen LogP contribution in [-0.2, 0) is 4.79 Å². The molecule has 53 heavy (non-hydrogen) atoms. The summed E-state index contributed by atoms with van der Waals surface area (Å²) in [5.41, 5.74) is 4.51. The van der Waals surface area contributed by atoms with Crippen LogP contribution in [0.25, 0.3) is 32.9 Å². The number of aromatic amines is 1. The number of fused-ring (bicyclic) bond motifs is 2. The highest BCUT2D eigenvalue weighted by Crippen LogP contribution is 2.53. The van der Waals surface area contributed by atoms with Gasteiger partial charge in [-0.3, -0.25) is 14.8 Å². The number of carbonyl (C=O) groups excluding carboxylic acids is 1. The van der Waals surface area contributed by atoms with Gasteiger partial charge >= 0.3 is 6.18 Å². The molecule has 1 saturated carbocycles. The summed E-state index contributed by atoms with van der Waals surface area (Å²) in [5, 5.41) is 18.8. The van der Waals surface area contributed by atoms with Crippen LogP contribution in [0.1, 0.15) is 55.6 Å². The molecule has 2 N–H and O–H groups in total. The van der Waals surface area contributed by atoms with Crippen molar-refractivity contribution in [3.63, 3.8) is 0 Å². The number of hydrogen-bond acceptors (Lipinski definition) is 9. The number of nitrogens with one attached hydrogen (secondary N) is 1. The number of aromatic nitrogens is 4. The third kappa shape index (κ3) is 6.07. The maximum absolute atomic E-state index is 14.1. The number of rotatable bonds is 9. The van der Waals surface area contributed by atoms with Crippen LogP contribution in [0, 0.1) is 12.3 Å². The minimum absolute atomic E-state index is 0.0403. The molecule has 4 aromatic rings. The molecule has 1 atom stereocenters. The van der Waals surface area contributed by atoms with Gasteiger partial charge in [0.15, 0.2) is 12.4 Å². The number of aryl methyl sites for hydroxylation is 1. The zero-order valence-electron chi connectivity index (χ0n) is 30.0. The molecule has 2 aromatic carbocycles. The van der Waals surface area contributed by atoms with Crippen molar-refractivity contribution in [2.75, 3.05) is 68.8 Å². The van der Waals surface area contributed by atoms with Crippen molar-refractivity contribution in [3.8, 4) is 16.9 Å². The van der Waals surface area contributed by atoms with E-state index >= 15 is 0 Å². The topological polar surface area (TPSA) is 114 Å². The van der Waals surface area contributed by atoms with Crippen LogP contribution in [0.15, 0.2) is 37.1 Å². The second-order valence-electron chi connectivity index (χ2n) is 15.8. The van der Waals surface area contributed by atoms with Crippen LogP contribution in [0.5, 0.6) is 5.75 Å². The molecule has 1 aliphatic carbocycles. The molecule has 4 aliphatic heterocycles. The number of amides is 1. The Labute approximate surface area is 305 Å². The van der Waals surface area contributed by atoms with Crippen LogP contribution in [0.4, 0.5) is 24.9 Å². The molecule has 1 spiro atoms. The number of piperidine rings is 1. The van der Waals surface area contributed by atoms with Gasteiger partial charge in [0.1, 0.15) is 11.3 Å². The molecule has 5 aliphatic rings. The molecular weight excluding hydrogens is 685 g/mol. The molecule has 9 rings (SSSR count). The molecule has 11 nitrogen and oxygen atoms in total. The Kier molecular flexibility index (Phi) is 8.33. The van der Waals surface area contributed by atoms with Gasteiger partial charge in [-0.1, -0.05) is 12.6 Å². The van der Waals surface area contributed by atoms with Crippen molar-refractivity contribution in [2.45, 2.75) is 69.6 Å². The number of carbonyl (C=O) groups is 1. The van der Waals surface area contributed by atoms with Gasteiger partial charge in [-0.25, -0.2) is 4.98 Å². The van der Waals surface area contributed by atoms with E-state index in [1.54, 1.807) is 6.20 Å². The Bertz CT molecular complexity index is 2080. The van der Waals surface area contributed by atoms with Gasteiger partial charge in [-0.2, -0.15) is 23.3 Å². The third-order valence-corrected chi connectivity index (χ3v) is 12.3. The number of ether oxygens (including phenoxy) is 1. The lowest BCUT2D eigenvalue weighted by Gasteiger charge is -2.54. The van der Waals surface area contributed by atoms with E-state index in [4.69, 9.17) is 14.7 Å². The van der Waals surface area contributed by atoms with E-state index in [-0.39, 0.29) is 41.7 Å². The molecule has 0 radical (unpaired) electrons. The molecule has 0 unspecified atom stereocenters. The molecule has 0 bridgehead atoms. The number of halogens is 3. The predicted octanol–water partition coefficient (Wildman–Crippen LogP) is 5.56. The molecule has 5 fully saturated rings. The molecule has 280 valence electrons. The van der Waals surface area contributed by atoms with Gasteiger partial charge in [0.25, 0.3) is 0 Å². The number of likely N-dealkylation sites (tertiary alicyclic amines) is 2. The van der Waals surface area contributed by atoms with Gasteiger partial charge < -0.3 is 24.5 Å². The first kappa shape index (κ1) is 34.3. The van der Waals surface area contributed by atoms with Crippen molar-refractivity contribution in [1.82, 2.24) is 30.0 Å². The van der Waals surface area contributed by atoms with Gasteiger partial charge in [0.2, 0.25) is 11.9 Å². The van der Waals surface area contributed by atoms with Crippen LogP contribution < -0.4 is 14.5 Å². The summed E-state index contributed by atoms with van der Waals surface area (Å²) in [4.78, 5) is 31.1. The van der Waals surface area contributed by atoms with Crippen LogP contribution in [-0.4, -0.2) is 118 Å². The first-order valence-electron chi connectivity index (χ1n) is 18.8. The SMILES string of the molecule is C=CC(=O)N1CC2(CCN(c3nc(N4CC(N5CCC[C@@H]5CO)C4)nc4c(OCC(F)(F)F)c(-c5c(C)ccc6[nH]ncc56)c(C5CC5)cc34)CC2)C1. The average molecular weight is 731 g/mol. The Balaban J connectivity index is 1.18. The first-order valence-corrected chi connectivity index (χ1v) is 18.8. The lowest BCUT2D eigenvalue weighted by atomic mass is 9.72. The Morgan fingerprint density at radius 2 is 1.85 bits per heavy atom. The Morgan fingerprint density at radius 1 is 1.08 bits per heavy atom. The standard InChI is InChI=1S/C39H45F3N8O3/c1-3-31(52)49-20-38(21-49)10-13-47(14-11-38)36-28-15-27(24-7-8-24)33(32-23(2)6-9-30-29(32)16-43-46-30)35(53-22-39(40,41)42)34(28)44-37(45-36)48-17-26(18-48)50-12-4-5-25(50)19-51/h3,6,9,15-16,24-26,51H,1,4-5,7-8,10-14,17-22H2,2H3,(H,43,46)/t25-/m1/s1. The summed E-state index contributed by atoms with van der Waals surface area (Å²) in [5.74, 6) is 1.43. The summed E-state index contributed by atoms with van der Waals surface area (Å²) in [6.07, 6.45) is 4.13. The van der Waals surface area contributed by atoms with Crippen LogP contribution in [0.2, 0.25) is 0 Å². The van der Waals surface area contributed by atoms with Crippen molar-refractivity contribution in [3.05, 3.63) is 48.2 Å². The zero-order valence-corrected chi connectivity index (χ0v) is 30.0. The predicted molar refractivity (Wildman–Crippen MR) is 196 cm³/mol. The van der Waals surface area contributed by atoms with E-state index in [1.807, 2.05) is 24.0 Å². The third-order valence-electron chi connectivity index (χ3n) is 12.3. The minimum Gasteiger partial charge on any atom is -0.481 e. The fourth-order valence-electron chi connectivity index (χ4n) is 9.26. The Hall–Kier alpha value is -4.43. The highest BCUT2D eigenvalue weighted by molar-refractivity contribution is 6.06. The largest absolute Gasteiger partial charge is 0.481 e. The second-order valence-corrected chi connectivity index (χ2v) is 15.8. The average Bonchev–Trinajstić information content (AvgIpc) is 3.66. The number of benzene rings is 2. The van der Waals surface area contributed by atoms with Crippen molar-refractivity contribution >= 4 is 39.5 Å². The van der Waals surface area contributed by atoms with Crippen molar-refractivity contribution in [1.29, 1.82) is 0 Å². The number of aliphatic hydroxyl groups is 1. The van der Waals surface area contributed by atoms with E-state index in [1.165, 1.54) is 6.08 Å². The fraction of sp³-hybridized carbons (Fsp3) is 0.538. The maximum Gasteiger partial charge on any atom is 0.422 e. The zero-order chi connectivity index (χ0) is 36.6. The first-order chi connectivity index (χ1) is 25.5. The van der Waals surface area contributed by atoms with Crippen molar-refractivity contribution < 1.29 is 27.8 Å². The lowest BCUT2D eigenvalue weighted by molar-refractivity contribution is -0.153. The van der Waals surface area contributed by atoms with Crippen LogP contribution in [0.3, 0.4) is 0 Å². The number of anilines is 2. The van der Waals surface area contributed by atoms with E-state index in [0.29, 0.717) is 67.5 Å². The monoisotopic (exact) mass is 730 g/mol. The minimum atomic E-state index is -4.57. The summed E-state index contributed by atoms with van der Waals surface area (Å²) in [7, 11) is 0. The lowest BCUT2D eigenvalue weighted by Crippen LogP contribution is -2.62. The molecule has 2 aromatic heterocycles. The van der Waals surface area contributed by atoms with E-state index in [2.05, 4.69) is 37.5 Å². The summed E-state index contributed by atoms with van der Waals surface area (Å²) >= 11 is 0. The molecule has 4 saturated heterocycles. The van der Waals surface area contributed by atoms with Crippen LogP contribution >= 0.6 is 0 Å². The molecular formula is C39H45F3N8O3. The summed E-state index contributed by atoms with van der Waals surface area (Å²) < 4.78 is 48.2. The second kappa shape index (κ2) is 12.9. The fourth-order valence-corrected chi connectivity index (χ4v) is 9.26. The van der Waals surface area contributed by atoms with E-state index < -0.39 is 12.8 Å². The smallest absolute Gasteiger partial charge is 0.422 e. The number of alkyl halides is 3. The number of hydrogen-bond donors (Lipinski definition) is 2. The Morgan fingerprint density at radius 3 is 2.55 bits per heavy atom. The van der Waals surface area contributed by atoms with Gasteiger partial charge in [0.05, 0.1) is 18.3 Å². The highest BCUT2D eigenvalue weighted by atomic mass is 19.4. The molecule has 14 heteroatoms. The van der Waals surface area contributed by atoms with E-state index in [0.717, 1.165) is 72.7 Å². The highest BCUT2D eigenvalue weighted by Gasteiger charge is 2.47. The van der Waals surface area contributed by atoms with E-state index in [9.17, 15) is 23.1 Å².